The summed E-state index contributed by atoms with van der Waals surface area (Å²) >= 11 is 1.50. The number of pyridine rings is 1. The zero-order chi connectivity index (χ0) is 24.2. The number of thioether (sulfide) groups is 1. The van der Waals surface area contributed by atoms with Crippen LogP contribution in [0.2, 0.25) is 0 Å². The number of carbonyl (C=O) groups excluding carboxylic acids is 2. The first-order chi connectivity index (χ1) is 15.9. The average molecular weight is 464 g/mol. The van der Waals surface area contributed by atoms with Gasteiger partial charge in [-0.3, -0.25) is 9.78 Å². The van der Waals surface area contributed by atoms with E-state index in [2.05, 4.69) is 17.1 Å². The summed E-state index contributed by atoms with van der Waals surface area (Å²) in [5.41, 5.74) is -1.41. The molecule has 0 amide bonds. The Morgan fingerprint density at radius 3 is 2.12 bits per heavy atom. The molecule has 1 aromatic carbocycles. The van der Waals surface area contributed by atoms with Gasteiger partial charge >= 0.3 is 11.9 Å². The number of aromatic nitrogens is 1. The molecular formula is C24H21N3O5S. The van der Waals surface area contributed by atoms with Gasteiger partial charge in [0.15, 0.2) is 5.41 Å². The molecule has 1 aromatic heterocycles. The normalized spacial score (nSPS) is 21.4. The quantitative estimate of drug-likeness (QED) is 0.522. The number of aliphatic hydroxyl groups excluding tert-OH is 1. The fourth-order valence-electron chi connectivity index (χ4n) is 4.40. The fraction of sp³-hybridized carbons (Fsp3) is 0.292. The van der Waals surface area contributed by atoms with Gasteiger partial charge in [0.1, 0.15) is 11.7 Å². The molecule has 3 rings (SSSR count). The summed E-state index contributed by atoms with van der Waals surface area (Å²) in [6.07, 6.45) is 4.82. The second kappa shape index (κ2) is 9.76. The Morgan fingerprint density at radius 2 is 1.64 bits per heavy atom. The van der Waals surface area contributed by atoms with Gasteiger partial charge in [0.05, 0.1) is 37.8 Å². The highest BCUT2D eigenvalue weighted by Gasteiger charge is 2.61. The van der Waals surface area contributed by atoms with Gasteiger partial charge in [-0.05, 0) is 41.6 Å². The second-order valence-electron chi connectivity index (χ2n) is 7.35. The van der Waals surface area contributed by atoms with E-state index in [0.29, 0.717) is 11.1 Å². The van der Waals surface area contributed by atoms with E-state index in [1.165, 1.54) is 24.2 Å². The standard InChI is InChI=1S/C24H21N3O5S/c1-31-22(29)17-19(14-4-6-16(33-3)7-5-14)24(12-25,13-26)20(15-8-10-27-11-9-15)18(21(17)28)23(30)32-2/h4-11,18-20,28H,1-3H3/t18-,19-,20-/m1/s1. The Kier molecular flexibility index (Phi) is 7.05. The van der Waals surface area contributed by atoms with Crippen molar-refractivity contribution in [3.63, 3.8) is 0 Å². The highest BCUT2D eigenvalue weighted by atomic mass is 32.2. The molecule has 9 heteroatoms. The molecule has 3 atom stereocenters. The molecule has 0 aliphatic heterocycles. The van der Waals surface area contributed by atoms with Crippen molar-refractivity contribution >= 4 is 23.7 Å². The zero-order valence-electron chi connectivity index (χ0n) is 18.2. The minimum Gasteiger partial charge on any atom is -0.511 e. The van der Waals surface area contributed by atoms with Crippen LogP contribution in [0.1, 0.15) is 23.0 Å². The molecule has 0 bridgehead atoms. The average Bonchev–Trinajstić information content (AvgIpc) is 2.87. The van der Waals surface area contributed by atoms with Gasteiger partial charge in [0, 0.05) is 23.2 Å². The molecular weight excluding hydrogens is 442 g/mol. The van der Waals surface area contributed by atoms with Gasteiger partial charge < -0.3 is 14.6 Å². The number of rotatable bonds is 5. The first-order valence-corrected chi connectivity index (χ1v) is 11.1. The number of benzene rings is 1. The third-order valence-electron chi connectivity index (χ3n) is 5.88. The van der Waals surface area contributed by atoms with Crippen molar-refractivity contribution < 1.29 is 24.2 Å². The third kappa shape index (κ3) is 3.92. The molecule has 0 saturated carbocycles. The van der Waals surface area contributed by atoms with Gasteiger partial charge in [0.2, 0.25) is 0 Å². The molecule has 1 aliphatic carbocycles. The summed E-state index contributed by atoms with van der Waals surface area (Å²) in [5, 5.41) is 32.1. The molecule has 0 unspecified atom stereocenters. The third-order valence-corrected chi connectivity index (χ3v) is 6.63. The summed E-state index contributed by atoms with van der Waals surface area (Å²) in [7, 11) is 2.25. The molecule has 33 heavy (non-hydrogen) atoms. The van der Waals surface area contributed by atoms with Crippen molar-refractivity contribution in [3.8, 4) is 12.1 Å². The number of hydrogen-bond acceptors (Lipinski definition) is 9. The monoisotopic (exact) mass is 463 g/mol. The second-order valence-corrected chi connectivity index (χ2v) is 8.23. The maximum absolute atomic E-state index is 12.9. The first-order valence-electron chi connectivity index (χ1n) is 9.85. The topological polar surface area (TPSA) is 133 Å². The zero-order valence-corrected chi connectivity index (χ0v) is 19.0. The summed E-state index contributed by atoms with van der Waals surface area (Å²) in [4.78, 5) is 30.6. The Hall–Kier alpha value is -3.82. The summed E-state index contributed by atoms with van der Waals surface area (Å²) < 4.78 is 9.80. The van der Waals surface area contributed by atoms with Crippen molar-refractivity contribution in [3.05, 3.63) is 71.3 Å². The number of hydrogen-bond donors (Lipinski definition) is 1. The van der Waals surface area contributed by atoms with Gasteiger partial charge in [-0.25, -0.2) is 4.79 Å². The minimum atomic E-state index is -1.96. The van der Waals surface area contributed by atoms with E-state index in [1.807, 2.05) is 6.26 Å². The SMILES string of the molecule is COC(=O)C1=C(O)[C@H](C(=O)OC)[C@@H](c2ccncc2)C(C#N)(C#N)[C@@H]1c1ccc(SC)cc1. The fourth-order valence-corrected chi connectivity index (χ4v) is 4.80. The van der Waals surface area contributed by atoms with E-state index < -0.39 is 40.9 Å². The van der Waals surface area contributed by atoms with Crippen LogP contribution < -0.4 is 0 Å². The molecule has 1 aliphatic rings. The van der Waals surface area contributed by atoms with Crippen molar-refractivity contribution in [2.45, 2.75) is 16.7 Å². The van der Waals surface area contributed by atoms with E-state index in [-0.39, 0.29) is 5.57 Å². The molecule has 1 heterocycles. The molecule has 0 saturated heterocycles. The molecule has 0 fully saturated rings. The Balaban J connectivity index is 2.45. The predicted octanol–water partition coefficient (Wildman–Crippen LogP) is 3.49. The Morgan fingerprint density at radius 1 is 1.03 bits per heavy atom. The maximum atomic E-state index is 12.9. The molecule has 0 radical (unpaired) electrons. The predicted molar refractivity (Wildman–Crippen MR) is 119 cm³/mol. The summed E-state index contributed by atoms with van der Waals surface area (Å²) in [6.45, 7) is 0. The van der Waals surface area contributed by atoms with E-state index in [0.717, 1.165) is 19.1 Å². The first kappa shape index (κ1) is 23.8. The van der Waals surface area contributed by atoms with E-state index in [4.69, 9.17) is 9.47 Å². The number of aliphatic hydroxyl groups is 1. The smallest absolute Gasteiger partial charge is 0.337 e. The van der Waals surface area contributed by atoms with Crippen LogP contribution in [0.4, 0.5) is 0 Å². The molecule has 1 N–H and O–H groups in total. The van der Waals surface area contributed by atoms with Crippen LogP contribution in [0, 0.1) is 34.0 Å². The lowest BCUT2D eigenvalue weighted by atomic mass is 9.54. The van der Waals surface area contributed by atoms with Crippen LogP contribution in [0.3, 0.4) is 0 Å². The number of methoxy groups -OCH3 is 2. The Labute approximate surface area is 195 Å². The van der Waals surface area contributed by atoms with Crippen LogP contribution in [0.5, 0.6) is 0 Å². The van der Waals surface area contributed by atoms with E-state index in [9.17, 15) is 25.2 Å². The summed E-state index contributed by atoms with van der Waals surface area (Å²) in [6, 6.07) is 14.3. The minimum absolute atomic E-state index is 0.321. The van der Waals surface area contributed by atoms with Crippen molar-refractivity contribution in [1.82, 2.24) is 4.98 Å². The van der Waals surface area contributed by atoms with Crippen LogP contribution >= 0.6 is 11.8 Å². The molecule has 2 aromatic rings. The number of ether oxygens (including phenoxy) is 2. The van der Waals surface area contributed by atoms with Crippen molar-refractivity contribution in [1.29, 1.82) is 10.5 Å². The van der Waals surface area contributed by atoms with E-state index in [1.54, 1.807) is 36.4 Å². The van der Waals surface area contributed by atoms with Crippen molar-refractivity contribution in [2.75, 3.05) is 20.5 Å². The van der Waals surface area contributed by atoms with Gasteiger partial charge in [0.25, 0.3) is 0 Å². The van der Waals surface area contributed by atoms with Crippen LogP contribution in [-0.2, 0) is 19.1 Å². The number of nitriles is 2. The van der Waals surface area contributed by atoms with Crippen LogP contribution in [0.25, 0.3) is 0 Å². The highest BCUT2D eigenvalue weighted by Crippen LogP contribution is 2.58. The van der Waals surface area contributed by atoms with Crippen LogP contribution in [0.15, 0.2) is 65.0 Å². The van der Waals surface area contributed by atoms with Crippen molar-refractivity contribution in [2.24, 2.45) is 11.3 Å². The van der Waals surface area contributed by atoms with Gasteiger partial charge in [-0.15, -0.1) is 11.8 Å². The summed E-state index contributed by atoms with van der Waals surface area (Å²) in [5.74, 6) is -6.25. The van der Waals surface area contributed by atoms with Gasteiger partial charge in [-0.2, -0.15) is 10.5 Å². The lowest BCUT2D eigenvalue weighted by molar-refractivity contribution is -0.147. The maximum Gasteiger partial charge on any atom is 0.337 e. The Bertz CT molecular complexity index is 1150. The van der Waals surface area contributed by atoms with E-state index >= 15 is 0 Å². The highest BCUT2D eigenvalue weighted by molar-refractivity contribution is 7.98. The number of carbonyl (C=O) groups is 2. The lowest BCUT2D eigenvalue weighted by Gasteiger charge is -2.44. The van der Waals surface area contributed by atoms with Gasteiger partial charge in [-0.1, -0.05) is 12.1 Å². The van der Waals surface area contributed by atoms with Crippen LogP contribution in [-0.4, -0.2) is 42.5 Å². The molecule has 8 nitrogen and oxygen atoms in total. The molecule has 168 valence electrons. The lowest BCUT2D eigenvalue weighted by Crippen LogP contribution is -2.47. The number of esters is 2. The largest absolute Gasteiger partial charge is 0.511 e. The number of nitrogens with zero attached hydrogens (tertiary/aromatic N) is 3. The molecule has 0 spiro atoms.